The number of halogens is 1. The average molecular weight is 425 g/mol. The van der Waals surface area contributed by atoms with Crippen LogP contribution in [-0.2, 0) is 6.54 Å². The lowest BCUT2D eigenvalue weighted by Crippen LogP contribution is -2.32. The zero-order chi connectivity index (χ0) is 15.6. The molecule has 2 aromatic rings. The topological polar surface area (TPSA) is 56.7 Å². The maximum absolute atomic E-state index is 8.90. The maximum Gasteiger partial charge on any atom is 0.196 e. The molecule has 0 aliphatic heterocycles. The molecule has 0 spiro atoms. The van der Waals surface area contributed by atoms with Gasteiger partial charge in [0.05, 0.1) is 6.54 Å². The summed E-state index contributed by atoms with van der Waals surface area (Å²) in [6, 6.07) is 18.3. The van der Waals surface area contributed by atoms with Crippen molar-refractivity contribution in [3.8, 4) is 0 Å². The lowest BCUT2D eigenvalue weighted by Gasteiger charge is -2.12. The number of hydrogen-bond donors (Lipinski definition) is 3. The minimum atomic E-state index is 0. The zero-order valence-electron chi connectivity index (χ0n) is 13.3. The second-order valence-electron chi connectivity index (χ2n) is 5.15. The van der Waals surface area contributed by atoms with Crippen LogP contribution in [0.4, 0.5) is 5.69 Å². The number of nitrogens with one attached hydrogen (secondary N) is 2. The molecular weight excluding hydrogens is 401 g/mol. The van der Waals surface area contributed by atoms with E-state index in [2.05, 4.69) is 46.8 Å². The number of benzene rings is 2. The summed E-state index contributed by atoms with van der Waals surface area (Å²) in [7, 11) is 0. The third kappa shape index (κ3) is 7.47. The summed E-state index contributed by atoms with van der Waals surface area (Å²) in [5.41, 5.74) is 3.40. The van der Waals surface area contributed by atoms with Crippen LogP contribution in [0.15, 0.2) is 59.6 Å². The summed E-state index contributed by atoms with van der Waals surface area (Å²) in [6.07, 6.45) is 0.694. The molecule has 0 heterocycles. The van der Waals surface area contributed by atoms with Gasteiger partial charge in [-0.3, -0.25) is 0 Å². The van der Waals surface area contributed by atoms with E-state index in [0.29, 0.717) is 19.5 Å². The molecule has 4 nitrogen and oxygen atoms in total. The number of nitrogens with zero attached hydrogens (tertiary/aromatic N) is 1. The SMILES string of the molecule is Cc1ccc(CN=C(NCCCO)Nc2ccccc2)cc1.I. The number of aryl methyl sites for hydroxylation is 1. The van der Waals surface area contributed by atoms with E-state index in [1.54, 1.807) is 0 Å². The van der Waals surface area contributed by atoms with Gasteiger partial charge in [-0.05, 0) is 31.0 Å². The summed E-state index contributed by atoms with van der Waals surface area (Å²) in [6.45, 7) is 3.54. The van der Waals surface area contributed by atoms with E-state index >= 15 is 0 Å². The third-order valence-electron chi connectivity index (χ3n) is 3.20. The van der Waals surface area contributed by atoms with E-state index in [9.17, 15) is 0 Å². The fourth-order valence-corrected chi connectivity index (χ4v) is 1.95. The van der Waals surface area contributed by atoms with E-state index in [1.807, 2.05) is 30.3 Å². The van der Waals surface area contributed by atoms with Gasteiger partial charge in [0.2, 0.25) is 0 Å². The molecule has 0 aliphatic carbocycles. The van der Waals surface area contributed by atoms with E-state index in [-0.39, 0.29) is 30.6 Å². The van der Waals surface area contributed by atoms with Crippen LogP contribution in [0, 0.1) is 6.92 Å². The summed E-state index contributed by atoms with van der Waals surface area (Å²) in [5, 5.41) is 15.4. The molecule has 0 atom stereocenters. The second-order valence-corrected chi connectivity index (χ2v) is 5.15. The molecule has 0 amide bonds. The van der Waals surface area contributed by atoms with E-state index in [0.717, 1.165) is 11.6 Å². The first kappa shape index (κ1) is 19.4. The van der Waals surface area contributed by atoms with Crippen molar-refractivity contribution in [2.45, 2.75) is 19.9 Å². The average Bonchev–Trinajstić information content (AvgIpc) is 2.55. The van der Waals surface area contributed by atoms with Gasteiger partial charge < -0.3 is 15.7 Å². The number of guanidine groups is 1. The molecular formula is C18H24IN3O. The normalized spacial score (nSPS) is 10.8. The first-order valence-electron chi connectivity index (χ1n) is 7.55. The van der Waals surface area contributed by atoms with E-state index < -0.39 is 0 Å². The number of para-hydroxylation sites is 1. The van der Waals surface area contributed by atoms with E-state index in [1.165, 1.54) is 11.1 Å². The molecule has 2 rings (SSSR count). The first-order valence-corrected chi connectivity index (χ1v) is 7.55. The Morgan fingerprint density at radius 2 is 1.74 bits per heavy atom. The molecule has 23 heavy (non-hydrogen) atoms. The van der Waals surface area contributed by atoms with Gasteiger partial charge in [0.25, 0.3) is 0 Å². The Bertz CT molecular complexity index is 585. The number of aliphatic hydroxyl groups is 1. The number of aliphatic imine (C=N–C) groups is 1. The van der Waals surface area contributed by atoms with Crippen LogP contribution in [0.1, 0.15) is 17.5 Å². The van der Waals surface area contributed by atoms with Crippen LogP contribution < -0.4 is 10.6 Å². The van der Waals surface area contributed by atoms with Crippen molar-refractivity contribution < 1.29 is 5.11 Å². The molecule has 2 aromatic carbocycles. The van der Waals surface area contributed by atoms with Crippen molar-refractivity contribution in [2.24, 2.45) is 4.99 Å². The predicted octanol–water partition coefficient (Wildman–Crippen LogP) is 3.55. The Labute approximate surface area is 155 Å². The van der Waals surface area contributed by atoms with Gasteiger partial charge >= 0.3 is 0 Å². The number of hydrogen-bond acceptors (Lipinski definition) is 2. The lowest BCUT2D eigenvalue weighted by molar-refractivity contribution is 0.289. The molecule has 0 unspecified atom stereocenters. The largest absolute Gasteiger partial charge is 0.396 e. The Balaban J connectivity index is 0.00000264. The van der Waals surface area contributed by atoms with Crippen LogP contribution in [0.2, 0.25) is 0 Å². The highest BCUT2D eigenvalue weighted by molar-refractivity contribution is 14.0. The Morgan fingerprint density at radius 1 is 1.04 bits per heavy atom. The van der Waals surface area contributed by atoms with Gasteiger partial charge in [0.15, 0.2) is 5.96 Å². The molecule has 0 radical (unpaired) electrons. The second kappa shape index (κ2) is 11.0. The van der Waals surface area contributed by atoms with Gasteiger partial charge in [0.1, 0.15) is 0 Å². The molecule has 0 saturated carbocycles. The first-order chi connectivity index (χ1) is 10.8. The molecule has 5 heteroatoms. The molecule has 0 aromatic heterocycles. The monoisotopic (exact) mass is 425 g/mol. The van der Waals surface area contributed by atoms with Gasteiger partial charge in [-0.2, -0.15) is 0 Å². The molecule has 0 fully saturated rings. The number of aliphatic hydroxyl groups excluding tert-OH is 1. The third-order valence-corrected chi connectivity index (χ3v) is 3.20. The summed E-state index contributed by atoms with van der Waals surface area (Å²) < 4.78 is 0. The van der Waals surface area contributed by atoms with Crippen molar-refractivity contribution in [3.05, 3.63) is 65.7 Å². The van der Waals surface area contributed by atoms with Crippen molar-refractivity contribution in [2.75, 3.05) is 18.5 Å². The molecule has 0 aliphatic rings. The number of rotatable bonds is 6. The van der Waals surface area contributed by atoms with Crippen LogP contribution in [0.3, 0.4) is 0 Å². The smallest absolute Gasteiger partial charge is 0.196 e. The van der Waals surface area contributed by atoms with Crippen molar-refractivity contribution in [3.63, 3.8) is 0 Å². The highest BCUT2D eigenvalue weighted by atomic mass is 127. The highest BCUT2D eigenvalue weighted by Crippen LogP contribution is 2.07. The van der Waals surface area contributed by atoms with E-state index in [4.69, 9.17) is 5.11 Å². The molecule has 3 N–H and O–H groups in total. The van der Waals surface area contributed by atoms with Crippen molar-refractivity contribution in [1.29, 1.82) is 0 Å². The summed E-state index contributed by atoms with van der Waals surface area (Å²) >= 11 is 0. The Kier molecular flexibility index (Phi) is 9.31. The Hall–Kier alpha value is -1.60. The summed E-state index contributed by atoms with van der Waals surface area (Å²) in [5.74, 6) is 0.722. The van der Waals surface area contributed by atoms with Crippen LogP contribution in [0.25, 0.3) is 0 Å². The highest BCUT2D eigenvalue weighted by Gasteiger charge is 2.00. The molecule has 124 valence electrons. The minimum Gasteiger partial charge on any atom is -0.396 e. The standard InChI is InChI=1S/C18H23N3O.HI/c1-15-8-10-16(11-9-15)14-20-18(19-12-5-13-22)21-17-6-3-2-4-7-17;/h2-4,6-11,22H,5,12-14H2,1H3,(H2,19,20,21);1H. The minimum absolute atomic E-state index is 0. The van der Waals surface area contributed by atoms with Gasteiger partial charge in [0, 0.05) is 18.8 Å². The van der Waals surface area contributed by atoms with Crippen molar-refractivity contribution >= 4 is 35.6 Å². The van der Waals surface area contributed by atoms with Crippen molar-refractivity contribution in [1.82, 2.24) is 5.32 Å². The predicted molar refractivity (Wildman–Crippen MR) is 108 cm³/mol. The molecule has 0 saturated heterocycles. The van der Waals surface area contributed by atoms with Gasteiger partial charge in [-0.25, -0.2) is 4.99 Å². The van der Waals surface area contributed by atoms with Crippen LogP contribution >= 0.6 is 24.0 Å². The van der Waals surface area contributed by atoms with Crippen LogP contribution in [-0.4, -0.2) is 24.2 Å². The zero-order valence-corrected chi connectivity index (χ0v) is 15.7. The fraction of sp³-hybridized carbons (Fsp3) is 0.278. The maximum atomic E-state index is 8.90. The van der Waals surface area contributed by atoms with Gasteiger partial charge in [-0.1, -0.05) is 48.0 Å². The summed E-state index contributed by atoms with van der Waals surface area (Å²) in [4.78, 5) is 4.60. The van der Waals surface area contributed by atoms with Gasteiger partial charge in [-0.15, -0.1) is 24.0 Å². The molecule has 0 bridgehead atoms. The van der Waals surface area contributed by atoms with Crippen LogP contribution in [0.5, 0.6) is 0 Å². The fourth-order valence-electron chi connectivity index (χ4n) is 1.95. The Morgan fingerprint density at radius 3 is 2.39 bits per heavy atom. The lowest BCUT2D eigenvalue weighted by atomic mass is 10.1. The number of anilines is 1. The quantitative estimate of drug-likeness (QED) is 0.287.